The van der Waals surface area contributed by atoms with Gasteiger partial charge in [0.2, 0.25) is 11.2 Å². The zero-order valence-electron chi connectivity index (χ0n) is 83.8. The maximum Gasteiger partial charge on any atom is 2.00 e. The van der Waals surface area contributed by atoms with Crippen molar-refractivity contribution < 1.29 is 142 Å². The molecule has 2 aromatic carbocycles. The third-order valence-corrected chi connectivity index (χ3v) is 21.7. The van der Waals surface area contributed by atoms with Gasteiger partial charge in [0.15, 0.2) is 5.78 Å². The van der Waals surface area contributed by atoms with Gasteiger partial charge in [0.05, 0.1) is 56.4 Å². The molecule has 5 saturated heterocycles. The van der Waals surface area contributed by atoms with E-state index in [1.54, 1.807) is 67.8 Å². The number of ether oxygens (including phenoxy) is 5. The molecular weight excluding hydrogens is 1880 g/mol. The molecule has 0 saturated carbocycles. The molecule has 0 aliphatic carbocycles. The predicted octanol–water partition coefficient (Wildman–Crippen LogP) is 10.9. The Morgan fingerprint density at radius 1 is 0.598 bits per heavy atom. The van der Waals surface area contributed by atoms with E-state index in [0.29, 0.717) is 63.1 Å². The van der Waals surface area contributed by atoms with Gasteiger partial charge in [-0.2, -0.15) is 4.40 Å². The van der Waals surface area contributed by atoms with Gasteiger partial charge in [0, 0.05) is 140 Å². The molecule has 14 N–H and O–H groups in total. The fourth-order valence-corrected chi connectivity index (χ4v) is 12.4. The SMILES string of the molecule is C.CC(C)(C)OC(=O)N1CCCCC(=NS(=O)C(C)(C)C)C1.CC(C)(C)OC(=O)N1CCCCC(=O)C1.CC(C)(C)S(N)=O.CC1(N)CCCCNC1.CC1(N)CCCCNC1.CC1(NS(=O)C(C)(C)C)CCCCN(C(=O)OC(C)(C)C)C1.CCO.CCO.CCO.CCO.COC(=O)c1occ(C(=O)NCc2c(F)cc(F)cc2F)c(=O)c1OCc1ccccc1.[Br-].[CH3-].[Mg+2].[Ti]. The number of nitrogens with zero attached hydrogens (tertiary/aromatic N) is 4. The number of hydrogen-bond donors (Lipinski definition) is 11. The van der Waals surface area contributed by atoms with Crippen LogP contribution in [0.4, 0.5) is 27.6 Å². The number of likely N-dealkylation sites (tertiary alicyclic amines) is 3. The summed E-state index contributed by atoms with van der Waals surface area (Å²) in [7, 11) is -2.56. The molecule has 6 unspecified atom stereocenters. The number of amides is 4. The Morgan fingerprint density at radius 3 is 1.39 bits per heavy atom. The molecule has 5 aliphatic heterocycles. The van der Waals surface area contributed by atoms with Crippen molar-refractivity contribution in [3.05, 3.63) is 106 Å². The molecule has 31 nitrogen and oxygen atoms in total. The maximum absolute atomic E-state index is 13.8. The molecule has 1 aromatic heterocycles. The Kier molecular flexibility index (Phi) is 78.1. The molecule has 8 rings (SSSR count). The summed E-state index contributed by atoms with van der Waals surface area (Å²) in [5.74, 6) is -6.58. The van der Waals surface area contributed by atoms with E-state index in [4.69, 9.17) is 60.4 Å². The van der Waals surface area contributed by atoms with Crippen LogP contribution in [-0.2, 0) is 91.6 Å². The number of nitrogens with two attached hydrogens (primary N) is 3. The zero-order chi connectivity index (χ0) is 98.6. The minimum atomic E-state index is -1.28. The second kappa shape index (κ2) is 72.4. The molecule has 764 valence electrons. The summed E-state index contributed by atoms with van der Waals surface area (Å²) in [5.41, 5.74) is 9.40. The number of rotatable bonds is 10. The molecule has 3 aromatic rings. The van der Waals surface area contributed by atoms with E-state index in [2.05, 4.69) is 43.7 Å². The first kappa shape index (κ1) is 142. The van der Waals surface area contributed by atoms with Crippen LogP contribution in [0.15, 0.2) is 62.3 Å². The van der Waals surface area contributed by atoms with Crippen LogP contribution in [0.25, 0.3) is 0 Å². The molecule has 6 atom stereocenters. The number of hydrogen-bond acceptors (Lipinski definition) is 24. The molecule has 0 radical (unpaired) electrons. The van der Waals surface area contributed by atoms with Crippen molar-refractivity contribution in [2.24, 2.45) is 21.0 Å². The number of aliphatic hydroxyl groups is 4. The second-order valence-corrected chi connectivity index (χ2v) is 43.1. The van der Waals surface area contributed by atoms with E-state index in [1.165, 1.54) is 43.4 Å². The normalized spacial score (nSPS) is 18.9. The molecular formula is C92H169BrF3MgN11O20S3Ti. The van der Waals surface area contributed by atoms with Crippen LogP contribution in [0.1, 0.15) is 309 Å². The number of ketones is 1. The fraction of sp³-hybridized carbons (Fsp3) is 0.728. The van der Waals surface area contributed by atoms with E-state index >= 15 is 0 Å². The number of carbonyl (C=O) groups is 6. The van der Waals surface area contributed by atoms with E-state index in [1.807, 2.05) is 132 Å². The topological polar surface area (TPSA) is 459 Å². The Balaban J connectivity index is -0.000000230. The van der Waals surface area contributed by atoms with Gasteiger partial charge < -0.3 is 115 Å². The number of methoxy groups -OCH3 is 1. The van der Waals surface area contributed by atoms with Gasteiger partial charge >= 0.3 is 47.3 Å². The summed E-state index contributed by atoms with van der Waals surface area (Å²) in [6.45, 7) is 54.3. The summed E-state index contributed by atoms with van der Waals surface area (Å²) >= 11 is 0. The monoisotopic (exact) mass is 2050 g/mol. The number of carbonyl (C=O) groups excluding carboxylic acids is 6. The van der Waals surface area contributed by atoms with Gasteiger partial charge in [0.1, 0.15) is 63.7 Å². The molecule has 0 spiro atoms. The first-order valence-electron chi connectivity index (χ1n) is 43.6. The molecule has 5 fully saturated rings. The smallest absolute Gasteiger partial charge is 1.00 e. The van der Waals surface area contributed by atoms with Crippen molar-refractivity contribution in [1.29, 1.82) is 0 Å². The minimum absolute atomic E-state index is 0. The van der Waals surface area contributed by atoms with Crippen LogP contribution in [0.2, 0.25) is 0 Å². The summed E-state index contributed by atoms with van der Waals surface area (Å²) in [6, 6.07) is 9.58. The largest absolute Gasteiger partial charge is 2.00 e. The molecule has 6 heterocycles. The minimum Gasteiger partial charge on any atom is -1.00 e. The molecule has 4 amide bonds. The quantitative estimate of drug-likeness (QED) is 0.0389. The van der Waals surface area contributed by atoms with Crippen LogP contribution in [0, 0.1) is 24.9 Å². The second-order valence-electron chi connectivity index (χ2n) is 37.4. The Bertz CT molecular complexity index is 3790. The van der Waals surface area contributed by atoms with Gasteiger partial charge in [-0.25, -0.2) is 49.7 Å². The van der Waals surface area contributed by atoms with E-state index in [0.717, 1.165) is 90.4 Å². The van der Waals surface area contributed by atoms with Crippen LogP contribution in [0.3, 0.4) is 0 Å². The van der Waals surface area contributed by atoms with Crippen molar-refractivity contribution in [3.8, 4) is 5.75 Å². The van der Waals surface area contributed by atoms with Gasteiger partial charge in [-0.15, -0.1) is 0 Å². The van der Waals surface area contributed by atoms with Crippen molar-refractivity contribution in [3.63, 3.8) is 0 Å². The Labute approximate surface area is 838 Å². The first-order valence-corrected chi connectivity index (χ1v) is 47.0. The number of esters is 1. The number of nitrogens with one attached hydrogen (secondary N) is 4. The summed E-state index contributed by atoms with van der Waals surface area (Å²) < 4.78 is 113. The molecule has 40 heteroatoms. The predicted molar refractivity (Wildman–Crippen MR) is 520 cm³/mol. The van der Waals surface area contributed by atoms with Crippen molar-refractivity contribution in [2.75, 3.05) is 99.0 Å². The van der Waals surface area contributed by atoms with E-state index < -0.39 is 114 Å². The van der Waals surface area contributed by atoms with Crippen LogP contribution >= 0.6 is 0 Å². The summed E-state index contributed by atoms with van der Waals surface area (Å²) in [6.07, 6.45) is 15.0. The number of aliphatic hydroxyl groups excluding tert-OH is 4. The molecule has 0 bridgehead atoms. The van der Waals surface area contributed by atoms with E-state index in [-0.39, 0.29) is 171 Å². The Hall–Kier alpha value is -4.92. The van der Waals surface area contributed by atoms with Crippen LogP contribution < -0.4 is 64.4 Å². The van der Waals surface area contributed by atoms with E-state index in [9.17, 15) is 59.4 Å². The molecule has 5 aliphatic rings. The standard InChI is InChI=1S/C22H16F3NO6.C16H32N2O3S.C15H28N2O3S.C11H19NO3.2C7H16N2.C4H11NOS.4C2H6O.CH4.CH3.BrH.Mg.Ti/c1-30-22(29)20-19(31-10-12-5-3-2-4-6-12)18(27)15(11-32-20)21(28)26-9-14-16(24)7-13(23)8-17(14)25;1-14(2,3)21-13(19)18-11-9-8-10-16(7,12-18)17-22(20)15(4,5)6;1-14(2,3)20-13(18)17-10-8-7-9-12(11-17)16-21(19)15(4,5)6;1-11(2,3)15-10(14)12-7-5-4-6-9(13)8-12;2*1-7(8)4-2-3-5-9-6-7;1-4(2,3)7(5)6;4*1-2-3;;;;;/h2-8,11H,9-10H2,1H3,(H,26,28);17H,8-12H2,1-7H3;7-11H2,1-6H3;4-8H2,1-3H3;2*9H,2-6,8H2,1H3;5H2,1-3H3;4*3H,2H2,1H3;1H4;1H3;1H;;/q;;;;;;;;;;;;-1;;+2;/p-1. The van der Waals surface area contributed by atoms with Gasteiger partial charge in [-0.1, -0.05) is 50.6 Å². The third-order valence-electron chi connectivity index (χ3n) is 17.2. The average molecular weight is 2050 g/mol. The molecule has 132 heavy (non-hydrogen) atoms. The van der Waals surface area contributed by atoms with Gasteiger partial charge in [-0.3, -0.25) is 19.5 Å². The van der Waals surface area contributed by atoms with Gasteiger partial charge in [0.25, 0.3) is 11.7 Å². The summed E-state index contributed by atoms with van der Waals surface area (Å²) in [4.78, 5) is 89.6. The van der Waals surface area contributed by atoms with Gasteiger partial charge in [-0.05, 0) is 269 Å². The average Bonchev–Trinajstić information content (AvgIpc) is 0.941. The number of benzene rings is 2. The number of Topliss-reactive ketones (excluding diaryl/α,β-unsaturated/α-hetero) is 1. The third kappa shape index (κ3) is 69.0. The maximum atomic E-state index is 13.8. The Morgan fingerprint density at radius 2 is 0.992 bits per heavy atom. The summed E-state index contributed by atoms with van der Waals surface area (Å²) in [5, 5.41) is 44.1. The first-order chi connectivity index (χ1) is 58.5. The van der Waals surface area contributed by atoms with Crippen LogP contribution in [0.5, 0.6) is 5.75 Å². The van der Waals surface area contributed by atoms with Crippen molar-refractivity contribution >= 4 is 97.7 Å². The van der Waals surface area contributed by atoms with Crippen LogP contribution in [-0.4, -0.2) is 259 Å². The van der Waals surface area contributed by atoms with Crippen molar-refractivity contribution in [1.82, 2.24) is 35.4 Å². The van der Waals surface area contributed by atoms with Crippen molar-refractivity contribution in [2.45, 2.75) is 338 Å². The fourth-order valence-electron chi connectivity index (χ4n) is 10.8. The zero-order valence-corrected chi connectivity index (χ0v) is 90.8. The number of halogens is 4.